The highest BCUT2D eigenvalue weighted by atomic mass is 35.5. The van der Waals surface area contributed by atoms with Crippen LogP contribution in [0.15, 0.2) is 12.4 Å². The number of esters is 1. The highest BCUT2D eigenvalue weighted by Gasteiger charge is 2.27. The standard InChI is InChI=1S/C28H43ClN8O3/c1-28(2,3)40-25(39)17-30-11-12-31-24(38)16-32-19-7-9-20(10-8-19)35-27-33-15-22(29)26(36-27)21-14-34-37(4)23(21)13-18-5-6-18/h14-15,18-20,30,32H,5-13,16-17H2,1-4H3,(H,31,38)(H,33,35,36). The Bertz CT molecular complexity index is 1150. The fraction of sp³-hybridized carbons (Fsp3) is 0.679. The molecule has 0 atom stereocenters. The summed E-state index contributed by atoms with van der Waals surface area (Å²) in [6.07, 6.45) is 10.9. The molecule has 40 heavy (non-hydrogen) atoms. The van der Waals surface area contributed by atoms with Gasteiger partial charge in [-0.05, 0) is 71.6 Å². The Hall–Kier alpha value is -2.76. The smallest absolute Gasteiger partial charge is 0.320 e. The Morgan fingerprint density at radius 1 is 1.05 bits per heavy atom. The van der Waals surface area contributed by atoms with E-state index in [1.54, 1.807) is 6.20 Å². The van der Waals surface area contributed by atoms with Crippen molar-refractivity contribution in [1.29, 1.82) is 0 Å². The van der Waals surface area contributed by atoms with Crippen molar-refractivity contribution in [3.05, 3.63) is 23.1 Å². The molecule has 2 saturated carbocycles. The lowest BCUT2D eigenvalue weighted by Crippen LogP contribution is -2.43. The van der Waals surface area contributed by atoms with E-state index in [0.717, 1.165) is 49.3 Å². The largest absolute Gasteiger partial charge is 0.459 e. The van der Waals surface area contributed by atoms with E-state index in [9.17, 15) is 9.59 Å². The number of anilines is 1. The molecule has 0 bridgehead atoms. The van der Waals surface area contributed by atoms with Crippen molar-refractivity contribution in [2.75, 3.05) is 31.5 Å². The number of halogens is 1. The second-order valence-corrected chi connectivity index (χ2v) is 12.3. The number of nitrogens with one attached hydrogen (secondary N) is 4. The van der Waals surface area contributed by atoms with Crippen LogP contribution in [0, 0.1) is 5.92 Å². The van der Waals surface area contributed by atoms with E-state index in [2.05, 4.69) is 31.3 Å². The Balaban J connectivity index is 1.15. The van der Waals surface area contributed by atoms with Crippen molar-refractivity contribution in [2.24, 2.45) is 13.0 Å². The maximum absolute atomic E-state index is 12.2. The third-order valence-electron chi connectivity index (χ3n) is 7.16. The van der Waals surface area contributed by atoms with Gasteiger partial charge < -0.3 is 26.0 Å². The summed E-state index contributed by atoms with van der Waals surface area (Å²) in [7, 11) is 1.97. The van der Waals surface area contributed by atoms with Gasteiger partial charge in [-0.2, -0.15) is 5.10 Å². The van der Waals surface area contributed by atoms with E-state index < -0.39 is 5.60 Å². The fourth-order valence-corrected chi connectivity index (χ4v) is 5.10. The van der Waals surface area contributed by atoms with Crippen LogP contribution in [0.1, 0.15) is 65.0 Å². The molecule has 12 heteroatoms. The summed E-state index contributed by atoms with van der Waals surface area (Å²) < 4.78 is 7.17. The summed E-state index contributed by atoms with van der Waals surface area (Å²) in [6, 6.07) is 0.549. The first-order valence-electron chi connectivity index (χ1n) is 14.3. The van der Waals surface area contributed by atoms with Crippen molar-refractivity contribution in [2.45, 2.75) is 83.4 Å². The molecule has 0 aliphatic heterocycles. The van der Waals surface area contributed by atoms with Crippen molar-refractivity contribution in [3.63, 3.8) is 0 Å². The fourth-order valence-electron chi connectivity index (χ4n) is 4.91. The lowest BCUT2D eigenvalue weighted by Gasteiger charge is -2.29. The first-order valence-corrected chi connectivity index (χ1v) is 14.7. The molecule has 11 nitrogen and oxygen atoms in total. The van der Waals surface area contributed by atoms with Crippen LogP contribution in [0.25, 0.3) is 11.3 Å². The first kappa shape index (κ1) is 30.2. The molecule has 0 spiro atoms. The molecule has 0 saturated heterocycles. The average molecular weight is 575 g/mol. The SMILES string of the molecule is Cn1ncc(-c2nc(NC3CCC(NCC(=O)NCCNCC(=O)OC(C)(C)C)CC3)ncc2Cl)c1CC1CC1. The van der Waals surface area contributed by atoms with Crippen LogP contribution >= 0.6 is 11.6 Å². The molecule has 1 amide bonds. The van der Waals surface area contributed by atoms with Gasteiger partial charge in [-0.25, -0.2) is 9.97 Å². The maximum atomic E-state index is 12.2. The topological polar surface area (TPSA) is 135 Å². The zero-order valence-electron chi connectivity index (χ0n) is 24.1. The molecule has 0 radical (unpaired) electrons. The van der Waals surface area contributed by atoms with E-state index in [1.165, 1.54) is 18.5 Å². The normalized spacial score (nSPS) is 19.3. The van der Waals surface area contributed by atoms with Crippen LogP contribution in [-0.2, 0) is 27.8 Å². The van der Waals surface area contributed by atoms with Crippen LogP contribution in [0.5, 0.6) is 0 Å². The summed E-state index contributed by atoms with van der Waals surface area (Å²) in [5.41, 5.74) is 2.38. The predicted octanol–water partition coefficient (Wildman–Crippen LogP) is 2.84. The van der Waals surface area contributed by atoms with E-state index >= 15 is 0 Å². The molecule has 2 aliphatic rings. The first-order chi connectivity index (χ1) is 19.1. The maximum Gasteiger partial charge on any atom is 0.320 e. The van der Waals surface area contributed by atoms with Gasteiger partial charge in [0, 0.05) is 43.5 Å². The minimum atomic E-state index is -0.500. The van der Waals surface area contributed by atoms with Gasteiger partial charge in [-0.15, -0.1) is 0 Å². The zero-order valence-corrected chi connectivity index (χ0v) is 24.8. The van der Waals surface area contributed by atoms with Gasteiger partial charge in [0.2, 0.25) is 11.9 Å². The second-order valence-electron chi connectivity index (χ2n) is 11.9. The third kappa shape index (κ3) is 9.42. The monoisotopic (exact) mass is 574 g/mol. The summed E-state index contributed by atoms with van der Waals surface area (Å²) in [6.45, 7) is 6.84. The van der Waals surface area contributed by atoms with E-state index in [-0.39, 0.29) is 37.0 Å². The van der Waals surface area contributed by atoms with Gasteiger partial charge >= 0.3 is 5.97 Å². The van der Waals surface area contributed by atoms with Gasteiger partial charge in [-0.1, -0.05) is 11.6 Å². The van der Waals surface area contributed by atoms with E-state index in [0.29, 0.717) is 24.1 Å². The molecule has 2 aliphatic carbocycles. The molecule has 4 rings (SSSR count). The number of hydrogen-bond acceptors (Lipinski definition) is 9. The molecule has 2 aromatic heterocycles. The Morgan fingerprint density at radius 2 is 1.77 bits per heavy atom. The van der Waals surface area contributed by atoms with Crippen LogP contribution in [-0.4, -0.2) is 75.5 Å². The number of carbonyl (C=O) groups is 2. The number of aromatic nitrogens is 4. The summed E-state index contributed by atoms with van der Waals surface area (Å²) >= 11 is 6.51. The number of carbonyl (C=O) groups excluding carboxylic acids is 2. The minimum absolute atomic E-state index is 0.0575. The highest BCUT2D eigenvalue weighted by molar-refractivity contribution is 6.33. The number of amides is 1. The van der Waals surface area contributed by atoms with Gasteiger partial charge in [-0.3, -0.25) is 14.3 Å². The highest BCUT2D eigenvalue weighted by Crippen LogP contribution is 2.37. The number of hydrogen-bond donors (Lipinski definition) is 4. The molecule has 4 N–H and O–H groups in total. The quantitative estimate of drug-likeness (QED) is 0.210. The Kier molecular flexibility index (Phi) is 10.4. The average Bonchev–Trinajstić information content (AvgIpc) is 3.65. The van der Waals surface area contributed by atoms with Gasteiger partial charge in [0.1, 0.15) is 5.60 Å². The molecular weight excluding hydrogens is 532 g/mol. The molecule has 220 valence electrons. The Labute approximate surface area is 241 Å². The Morgan fingerprint density at radius 3 is 2.48 bits per heavy atom. The predicted molar refractivity (Wildman–Crippen MR) is 155 cm³/mol. The van der Waals surface area contributed by atoms with Gasteiger partial charge in [0.05, 0.1) is 36.2 Å². The van der Waals surface area contributed by atoms with Crippen molar-refractivity contribution in [3.8, 4) is 11.3 Å². The molecule has 2 aromatic rings. The molecule has 2 heterocycles. The summed E-state index contributed by atoms with van der Waals surface area (Å²) in [5.74, 6) is 0.949. The number of ether oxygens (including phenoxy) is 1. The summed E-state index contributed by atoms with van der Waals surface area (Å²) in [4.78, 5) is 33.1. The van der Waals surface area contributed by atoms with Crippen LogP contribution in [0.2, 0.25) is 5.02 Å². The van der Waals surface area contributed by atoms with Crippen molar-refractivity contribution < 1.29 is 14.3 Å². The molecular formula is C28H43ClN8O3. The lowest BCUT2D eigenvalue weighted by atomic mass is 9.91. The molecule has 2 fully saturated rings. The number of rotatable bonds is 13. The van der Waals surface area contributed by atoms with Crippen molar-refractivity contribution in [1.82, 2.24) is 35.7 Å². The second kappa shape index (κ2) is 13.7. The van der Waals surface area contributed by atoms with Gasteiger partial charge in [0.15, 0.2) is 0 Å². The zero-order chi connectivity index (χ0) is 28.7. The van der Waals surface area contributed by atoms with Crippen molar-refractivity contribution >= 4 is 29.4 Å². The van der Waals surface area contributed by atoms with Crippen LogP contribution in [0.4, 0.5) is 5.95 Å². The lowest BCUT2D eigenvalue weighted by molar-refractivity contribution is -0.153. The number of nitrogens with zero attached hydrogens (tertiary/aromatic N) is 4. The molecule has 0 unspecified atom stereocenters. The van der Waals surface area contributed by atoms with E-state index in [1.807, 2.05) is 38.7 Å². The minimum Gasteiger partial charge on any atom is -0.459 e. The third-order valence-corrected chi connectivity index (χ3v) is 7.44. The van der Waals surface area contributed by atoms with E-state index in [4.69, 9.17) is 21.3 Å². The molecule has 0 aromatic carbocycles. The van der Waals surface area contributed by atoms with Crippen LogP contribution in [0.3, 0.4) is 0 Å². The van der Waals surface area contributed by atoms with Crippen LogP contribution < -0.4 is 21.3 Å². The number of aryl methyl sites for hydroxylation is 1. The summed E-state index contributed by atoms with van der Waals surface area (Å²) in [5, 5.41) is 17.7. The van der Waals surface area contributed by atoms with Gasteiger partial charge in [0.25, 0.3) is 0 Å².